The lowest BCUT2D eigenvalue weighted by Crippen LogP contribution is -2.28. The fourth-order valence-corrected chi connectivity index (χ4v) is 2.57. The number of carbonyl (C=O) groups is 1. The lowest BCUT2D eigenvalue weighted by Gasteiger charge is -2.16. The Balaban J connectivity index is 1.82. The molecule has 4 heteroatoms. The van der Waals surface area contributed by atoms with E-state index in [1.807, 2.05) is 78.9 Å². The highest BCUT2D eigenvalue weighted by Gasteiger charge is 2.11. The van der Waals surface area contributed by atoms with Gasteiger partial charge in [0.2, 0.25) is 0 Å². The van der Waals surface area contributed by atoms with Crippen LogP contribution in [0.25, 0.3) is 0 Å². The zero-order valence-corrected chi connectivity index (χ0v) is 14.7. The van der Waals surface area contributed by atoms with Crippen molar-refractivity contribution in [1.82, 2.24) is 5.01 Å². The summed E-state index contributed by atoms with van der Waals surface area (Å²) in [5, 5.41) is 8.76. The molecule has 0 saturated heterocycles. The molecule has 3 aromatic carbocycles. The number of carbonyl (C=O) groups excluding carboxylic acids is 1. The van der Waals surface area contributed by atoms with Crippen LogP contribution in [0.4, 0.5) is 10.5 Å². The number of nitrogens with one attached hydrogen (secondary N) is 1. The van der Waals surface area contributed by atoms with Crippen LogP contribution in [0.2, 0.25) is 0 Å². The van der Waals surface area contributed by atoms with Gasteiger partial charge in [-0.1, -0.05) is 78.9 Å². The van der Waals surface area contributed by atoms with Crippen molar-refractivity contribution < 1.29 is 4.79 Å². The molecule has 0 heterocycles. The van der Waals surface area contributed by atoms with E-state index in [4.69, 9.17) is 0 Å². The van der Waals surface area contributed by atoms with Crippen LogP contribution in [-0.2, 0) is 6.42 Å². The van der Waals surface area contributed by atoms with E-state index in [1.54, 1.807) is 7.05 Å². The number of hydrogen-bond acceptors (Lipinski definition) is 2. The van der Waals surface area contributed by atoms with Gasteiger partial charge in [-0.25, -0.2) is 9.80 Å². The van der Waals surface area contributed by atoms with Gasteiger partial charge in [-0.15, -0.1) is 0 Å². The monoisotopic (exact) mass is 343 g/mol. The summed E-state index contributed by atoms with van der Waals surface area (Å²) in [6.45, 7) is 0. The average Bonchev–Trinajstić information content (AvgIpc) is 2.69. The van der Waals surface area contributed by atoms with Gasteiger partial charge in [0.05, 0.1) is 5.71 Å². The lowest BCUT2D eigenvalue weighted by atomic mass is 10.0. The van der Waals surface area contributed by atoms with Crippen molar-refractivity contribution in [3.05, 3.63) is 102 Å². The second-order valence-electron chi connectivity index (χ2n) is 5.89. The highest BCUT2D eigenvalue weighted by molar-refractivity contribution is 6.02. The lowest BCUT2D eigenvalue weighted by molar-refractivity contribution is 0.224. The van der Waals surface area contributed by atoms with Crippen LogP contribution >= 0.6 is 0 Å². The van der Waals surface area contributed by atoms with Crippen LogP contribution in [0.15, 0.2) is 96.1 Å². The maximum absolute atomic E-state index is 12.4. The van der Waals surface area contributed by atoms with E-state index in [-0.39, 0.29) is 6.03 Å². The normalized spacial score (nSPS) is 11.0. The Morgan fingerprint density at radius 3 is 2.00 bits per heavy atom. The fraction of sp³-hybridized carbons (Fsp3) is 0.0909. The fourth-order valence-electron chi connectivity index (χ4n) is 2.57. The number of nitrogens with zero attached hydrogens (tertiary/aromatic N) is 2. The maximum atomic E-state index is 12.4. The van der Waals surface area contributed by atoms with Crippen LogP contribution in [0, 0.1) is 0 Å². The molecule has 0 bridgehead atoms. The number of amides is 2. The minimum Gasteiger partial charge on any atom is -0.306 e. The Kier molecular flexibility index (Phi) is 5.78. The van der Waals surface area contributed by atoms with Gasteiger partial charge in [0.15, 0.2) is 0 Å². The molecule has 0 fully saturated rings. The van der Waals surface area contributed by atoms with E-state index in [0.717, 1.165) is 22.5 Å². The van der Waals surface area contributed by atoms with Crippen molar-refractivity contribution in [2.45, 2.75) is 6.42 Å². The molecule has 0 atom stereocenters. The Hall–Kier alpha value is -3.40. The molecule has 130 valence electrons. The van der Waals surface area contributed by atoms with Crippen molar-refractivity contribution in [1.29, 1.82) is 0 Å². The van der Waals surface area contributed by atoms with Gasteiger partial charge in [-0.05, 0) is 23.3 Å². The topological polar surface area (TPSA) is 44.7 Å². The number of para-hydroxylation sites is 1. The third kappa shape index (κ3) is 4.80. The van der Waals surface area contributed by atoms with Gasteiger partial charge < -0.3 is 5.32 Å². The molecule has 1 N–H and O–H groups in total. The molecule has 0 aliphatic rings. The molecular formula is C22H21N3O. The molecule has 2 amide bonds. The zero-order valence-electron chi connectivity index (χ0n) is 14.7. The predicted molar refractivity (Wildman–Crippen MR) is 106 cm³/mol. The van der Waals surface area contributed by atoms with Gasteiger partial charge in [0.25, 0.3) is 0 Å². The highest BCUT2D eigenvalue weighted by atomic mass is 16.2. The summed E-state index contributed by atoms with van der Waals surface area (Å²) < 4.78 is 0. The molecule has 0 saturated carbocycles. The maximum Gasteiger partial charge on any atom is 0.341 e. The summed E-state index contributed by atoms with van der Waals surface area (Å²) in [7, 11) is 1.66. The number of anilines is 1. The summed E-state index contributed by atoms with van der Waals surface area (Å²) in [6, 6.07) is 29.1. The standard InChI is InChI=1S/C22H21N3O/c1-25(22(26)23-20-15-9-4-10-16-20)24-21(19-13-7-3-8-14-19)17-18-11-5-2-6-12-18/h2-16H,17H2,1H3,(H,23,26). The smallest absolute Gasteiger partial charge is 0.306 e. The van der Waals surface area contributed by atoms with Gasteiger partial charge in [-0.2, -0.15) is 5.10 Å². The second kappa shape index (κ2) is 8.62. The number of benzene rings is 3. The predicted octanol–water partition coefficient (Wildman–Crippen LogP) is 4.80. The minimum absolute atomic E-state index is 0.280. The molecule has 0 unspecified atom stereocenters. The summed E-state index contributed by atoms with van der Waals surface area (Å²) in [6.07, 6.45) is 0.647. The highest BCUT2D eigenvalue weighted by Crippen LogP contribution is 2.11. The van der Waals surface area contributed by atoms with E-state index in [0.29, 0.717) is 6.42 Å². The molecule has 26 heavy (non-hydrogen) atoms. The quantitative estimate of drug-likeness (QED) is 0.525. The largest absolute Gasteiger partial charge is 0.341 e. The molecule has 3 rings (SSSR count). The Morgan fingerprint density at radius 1 is 0.846 bits per heavy atom. The third-order valence-corrected chi connectivity index (χ3v) is 3.91. The van der Waals surface area contributed by atoms with Crippen molar-refractivity contribution in [2.24, 2.45) is 5.10 Å². The number of rotatable bonds is 5. The van der Waals surface area contributed by atoms with E-state index in [2.05, 4.69) is 22.6 Å². The van der Waals surface area contributed by atoms with Crippen LogP contribution < -0.4 is 5.32 Å². The van der Waals surface area contributed by atoms with Crippen LogP contribution in [0.5, 0.6) is 0 Å². The van der Waals surface area contributed by atoms with Crippen molar-refractivity contribution in [3.8, 4) is 0 Å². The molecule has 0 aromatic heterocycles. The molecule has 0 spiro atoms. The van der Waals surface area contributed by atoms with Crippen LogP contribution in [-0.4, -0.2) is 23.8 Å². The first-order chi connectivity index (χ1) is 12.7. The minimum atomic E-state index is -0.280. The number of hydrazone groups is 1. The third-order valence-electron chi connectivity index (χ3n) is 3.91. The number of hydrogen-bond donors (Lipinski definition) is 1. The van der Waals surface area contributed by atoms with Gasteiger partial charge in [0, 0.05) is 19.2 Å². The van der Waals surface area contributed by atoms with Gasteiger partial charge in [-0.3, -0.25) is 0 Å². The van der Waals surface area contributed by atoms with Gasteiger partial charge >= 0.3 is 6.03 Å². The molecular weight excluding hydrogens is 322 g/mol. The SMILES string of the molecule is CN(N=C(Cc1ccccc1)c1ccccc1)C(=O)Nc1ccccc1. The second-order valence-corrected chi connectivity index (χ2v) is 5.89. The summed E-state index contributed by atoms with van der Waals surface area (Å²) in [4.78, 5) is 12.4. The molecule has 0 aliphatic heterocycles. The van der Waals surface area contributed by atoms with E-state index < -0.39 is 0 Å². The Labute approximate surface area is 153 Å². The molecule has 4 nitrogen and oxygen atoms in total. The van der Waals surface area contributed by atoms with E-state index >= 15 is 0 Å². The molecule has 0 radical (unpaired) electrons. The number of urea groups is 1. The molecule has 3 aromatic rings. The van der Waals surface area contributed by atoms with Crippen LogP contribution in [0.1, 0.15) is 11.1 Å². The van der Waals surface area contributed by atoms with Gasteiger partial charge in [0.1, 0.15) is 0 Å². The first kappa shape index (κ1) is 17.4. The first-order valence-corrected chi connectivity index (χ1v) is 8.49. The van der Waals surface area contributed by atoms with E-state index in [9.17, 15) is 4.79 Å². The Morgan fingerprint density at radius 2 is 1.38 bits per heavy atom. The Bertz CT molecular complexity index is 862. The average molecular weight is 343 g/mol. The summed E-state index contributed by atoms with van der Waals surface area (Å²) in [5.41, 5.74) is 3.72. The first-order valence-electron chi connectivity index (χ1n) is 8.49. The van der Waals surface area contributed by atoms with Crippen molar-refractivity contribution >= 4 is 17.4 Å². The van der Waals surface area contributed by atoms with Crippen LogP contribution in [0.3, 0.4) is 0 Å². The zero-order chi connectivity index (χ0) is 18.2. The van der Waals surface area contributed by atoms with Crippen molar-refractivity contribution in [2.75, 3.05) is 12.4 Å². The van der Waals surface area contributed by atoms with Crippen molar-refractivity contribution in [3.63, 3.8) is 0 Å². The summed E-state index contributed by atoms with van der Waals surface area (Å²) >= 11 is 0. The van der Waals surface area contributed by atoms with E-state index in [1.165, 1.54) is 5.01 Å². The molecule has 0 aliphatic carbocycles. The summed E-state index contributed by atoms with van der Waals surface area (Å²) in [5.74, 6) is 0.